The SMILES string of the molecule is Clc1ccc(OCc2ccccc2)c(CNc2nn[nH]n2)c1. The summed E-state index contributed by atoms with van der Waals surface area (Å²) in [5, 5.41) is 17.3. The Labute approximate surface area is 132 Å². The summed E-state index contributed by atoms with van der Waals surface area (Å²) in [6.45, 7) is 0.988. The number of benzene rings is 2. The maximum Gasteiger partial charge on any atom is 0.263 e. The zero-order chi connectivity index (χ0) is 15.2. The maximum atomic E-state index is 6.06. The van der Waals surface area contributed by atoms with Crippen LogP contribution in [0.15, 0.2) is 48.5 Å². The number of nitrogens with zero attached hydrogens (tertiary/aromatic N) is 3. The first-order valence-electron chi connectivity index (χ1n) is 6.74. The lowest BCUT2D eigenvalue weighted by molar-refractivity contribution is 0.303. The molecular formula is C15H14ClN5O. The maximum absolute atomic E-state index is 6.06. The number of halogens is 1. The van der Waals surface area contributed by atoms with E-state index in [-0.39, 0.29) is 0 Å². The molecule has 1 heterocycles. The minimum atomic E-state index is 0.425. The highest BCUT2D eigenvalue weighted by Crippen LogP contribution is 2.24. The predicted octanol–water partition coefficient (Wildman–Crippen LogP) is 3.04. The van der Waals surface area contributed by atoms with Crippen molar-refractivity contribution in [1.82, 2.24) is 20.6 Å². The van der Waals surface area contributed by atoms with Gasteiger partial charge in [0.15, 0.2) is 0 Å². The quantitative estimate of drug-likeness (QED) is 0.731. The summed E-state index contributed by atoms with van der Waals surface area (Å²) in [6.07, 6.45) is 0. The summed E-state index contributed by atoms with van der Waals surface area (Å²) in [4.78, 5) is 0. The van der Waals surface area contributed by atoms with Crippen molar-refractivity contribution in [1.29, 1.82) is 0 Å². The first-order chi connectivity index (χ1) is 10.8. The molecule has 2 aromatic carbocycles. The van der Waals surface area contributed by atoms with Crippen molar-refractivity contribution >= 4 is 17.5 Å². The van der Waals surface area contributed by atoms with Gasteiger partial charge >= 0.3 is 0 Å². The van der Waals surface area contributed by atoms with Crippen LogP contribution in [0.1, 0.15) is 11.1 Å². The first kappa shape index (κ1) is 14.3. The van der Waals surface area contributed by atoms with Crippen LogP contribution in [0.3, 0.4) is 0 Å². The van der Waals surface area contributed by atoms with E-state index >= 15 is 0 Å². The highest BCUT2D eigenvalue weighted by atomic mass is 35.5. The second-order valence-corrected chi connectivity index (χ2v) is 5.05. The van der Waals surface area contributed by atoms with Crippen molar-refractivity contribution in [2.45, 2.75) is 13.2 Å². The van der Waals surface area contributed by atoms with Crippen LogP contribution >= 0.6 is 11.6 Å². The van der Waals surface area contributed by atoms with Crippen LogP contribution in [0.4, 0.5) is 5.95 Å². The van der Waals surface area contributed by atoms with E-state index in [1.165, 1.54) is 0 Å². The molecule has 0 unspecified atom stereocenters. The van der Waals surface area contributed by atoms with Gasteiger partial charge in [-0.25, -0.2) is 0 Å². The smallest absolute Gasteiger partial charge is 0.263 e. The third kappa shape index (κ3) is 3.73. The van der Waals surface area contributed by atoms with Crippen LogP contribution in [0.2, 0.25) is 5.02 Å². The van der Waals surface area contributed by atoms with E-state index in [4.69, 9.17) is 16.3 Å². The summed E-state index contributed by atoms with van der Waals surface area (Å²) < 4.78 is 5.89. The Morgan fingerprint density at radius 2 is 2.00 bits per heavy atom. The molecule has 0 aliphatic carbocycles. The van der Waals surface area contributed by atoms with Crippen molar-refractivity contribution in [3.8, 4) is 5.75 Å². The molecule has 0 saturated heterocycles. The minimum Gasteiger partial charge on any atom is -0.489 e. The molecule has 0 spiro atoms. The van der Waals surface area contributed by atoms with E-state index in [9.17, 15) is 0 Å². The van der Waals surface area contributed by atoms with Crippen LogP contribution in [-0.2, 0) is 13.2 Å². The Morgan fingerprint density at radius 1 is 1.14 bits per heavy atom. The average molecular weight is 316 g/mol. The van der Waals surface area contributed by atoms with Gasteiger partial charge in [0.05, 0.1) is 0 Å². The van der Waals surface area contributed by atoms with Crippen molar-refractivity contribution in [2.75, 3.05) is 5.32 Å². The van der Waals surface area contributed by atoms with E-state index in [1.807, 2.05) is 42.5 Å². The van der Waals surface area contributed by atoms with Gasteiger partial charge in [0.25, 0.3) is 5.95 Å². The number of anilines is 1. The molecular weight excluding hydrogens is 302 g/mol. The predicted molar refractivity (Wildman–Crippen MR) is 83.7 cm³/mol. The number of hydrogen-bond acceptors (Lipinski definition) is 5. The molecule has 0 amide bonds. The van der Waals surface area contributed by atoms with Crippen LogP contribution in [0.5, 0.6) is 5.75 Å². The van der Waals surface area contributed by atoms with Gasteiger partial charge in [-0.2, -0.15) is 5.21 Å². The molecule has 0 radical (unpaired) electrons. The largest absolute Gasteiger partial charge is 0.489 e. The third-order valence-electron chi connectivity index (χ3n) is 3.04. The number of hydrogen-bond donors (Lipinski definition) is 2. The monoisotopic (exact) mass is 315 g/mol. The van der Waals surface area contributed by atoms with Gasteiger partial charge in [0, 0.05) is 17.1 Å². The van der Waals surface area contributed by atoms with Crippen LogP contribution in [-0.4, -0.2) is 20.6 Å². The van der Waals surface area contributed by atoms with Gasteiger partial charge in [0.2, 0.25) is 0 Å². The molecule has 112 valence electrons. The van der Waals surface area contributed by atoms with Gasteiger partial charge in [-0.1, -0.05) is 47.0 Å². The van der Waals surface area contributed by atoms with Crippen molar-refractivity contribution in [3.63, 3.8) is 0 Å². The number of aromatic amines is 1. The first-order valence-corrected chi connectivity index (χ1v) is 7.11. The summed E-state index contributed by atoms with van der Waals surface area (Å²) >= 11 is 6.06. The van der Waals surface area contributed by atoms with E-state index in [0.717, 1.165) is 16.9 Å². The molecule has 2 N–H and O–H groups in total. The fourth-order valence-electron chi connectivity index (χ4n) is 1.97. The third-order valence-corrected chi connectivity index (χ3v) is 3.28. The Hall–Kier alpha value is -2.60. The average Bonchev–Trinajstić information content (AvgIpc) is 3.06. The number of rotatable bonds is 6. The molecule has 22 heavy (non-hydrogen) atoms. The van der Waals surface area contributed by atoms with Gasteiger partial charge in [-0.15, -0.1) is 5.10 Å². The molecule has 3 aromatic rings. The minimum absolute atomic E-state index is 0.425. The van der Waals surface area contributed by atoms with E-state index in [1.54, 1.807) is 6.07 Å². The zero-order valence-corrected chi connectivity index (χ0v) is 12.4. The standard InChI is InChI=1S/C15H14ClN5O/c16-13-6-7-14(22-10-11-4-2-1-3-5-11)12(8-13)9-17-15-18-20-21-19-15/h1-8H,9-10H2,(H2,17,18,19,20,21). The fourth-order valence-corrected chi connectivity index (χ4v) is 2.17. The molecule has 1 aromatic heterocycles. The summed E-state index contributed by atoms with van der Waals surface area (Å²) in [7, 11) is 0. The molecule has 0 aliphatic heterocycles. The summed E-state index contributed by atoms with van der Waals surface area (Å²) in [5.41, 5.74) is 2.03. The lowest BCUT2D eigenvalue weighted by atomic mass is 10.2. The molecule has 0 saturated carbocycles. The lowest BCUT2D eigenvalue weighted by Crippen LogP contribution is -2.05. The van der Waals surface area contributed by atoms with Crippen LogP contribution < -0.4 is 10.1 Å². The second kappa shape index (κ2) is 6.91. The van der Waals surface area contributed by atoms with Crippen molar-refractivity contribution < 1.29 is 4.74 Å². The van der Waals surface area contributed by atoms with Crippen molar-refractivity contribution in [3.05, 3.63) is 64.7 Å². The Kier molecular flexibility index (Phi) is 4.50. The van der Waals surface area contributed by atoms with Crippen LogP contribution in [0.25, 0.3) is 0 Å². The van der Waals surface area contributed by atoms with Gasteiger partial charge < -0.3 is 10.1 Å². The van der Waals surface area contributed by atoms with Gasteiger partial charge in [0.1, 0.15) is 12.4 Å². The number of ether oxygens (including phenoxy) is 1. The van der Waals surface area contributed by atoms with Gasteiger partial charge in [-0.05, 0) is 29.0 Å². The number of tetrazole rings is 1. The Bertz CT molecular complexity index is 718. The van der Waals surface area contributed by atoms with E-state index in [0.29, 0.717) is 24.1 Å². The van der Waals surface area contributed by atoms with Gasteiger partial charge in [-0.3, -0.25) is 0 Å². The Balaban J connectivity index is 1.70. The molecule has 0 fully saturated rings. The second-order valence-electron chi connectivity index (χ2n) is 4.62. The normalized spacial score (nSPS) is 10.4. The molecule has 7 heteroatoms. The molecule has 0 aliphatic rings. The number of H-pyrrole nitrogens is 1. The van der Waals surface area contributed by atoms with Crippen LogP contribution in [0, 0.1) is 0 Å². The summed E-state index contributed by atoms with van der Waals surface area (Å²) in [6, 6.07) is 15.5. The van der Waals surface area contributed by atoms with E-state index < -0.39 is 0 Å². The molecule has 3 rings (SSSR count). The lowest BCUT2D eigenvalue weighted by Gasteiger charge is -2.12. The molecule has 0 bridgehead atoms. The number of nitrogens with one attached hydrogen (secondary N) is 2. The Morgan fingerprint density at radius 3 is 2.77 bits per heavy atom. The molecule has 0 atom stereocenters. The fraction of sp³-hybridized carbons (Fsp3) is 0.133. The summed E-state index contributed by atoms with van der Waals surface area (Å²) in [5.74, 6) is 1.19. The van der Waals surface area contributed by atoms with Crippen molar-refractivity contribution in [2.24, 2.45) is 0 Å². The molecule has 6 nitrogen and oxygen atoms in total. The number of aromatic nitrogens is 4. The highest BCUT2D eigenvalue weighted by molar-refractivity contribution is 6.30. The van der Waals surface area contributed by atoms with E-state index in [2.05, 4.69) is 25.9 Å². The topological polar surface area (TPSA) is 75.7 Å². The zero-order valence-electron chi connectivity index (χ0n) is 11.7. The highest BCUT2D eigenvalue weighted by Gasteiger charge is 2.07.